The highest BCUT2D eigenvalue weighted by molar-refractivity contribution is 5.46. The molecule has 1 unspecified atom stereocenters. The topological polar surface area (TPSA) is 59.1 Å². The summed E-state index contributed by atoms with van der Waals surface area (Å²) in [6.45, 7) is 1.38. The summed E-state index contributed by atoms with van der Waals surface area (Å²) in [6.07, 6.45) is -4.78. The SMILES string of the molecule is CC(O)c1ncc(C(F)(F)F)cc1N. The molecule has 78 valence electrons. The van der Waals surface area contributed by atoms with Gasteiger partial charge >= 0.3 is 6.18 Å². The van der Waals surface area contributed by atoms with Crippen LogP contribution in [-0.2, 0) is 6.18 Å². The molecule has 0 spiro atoms. The fraction of sp³-hybridized carbons (Fsp3) is 0.375. The van der Waals surface area contributed by atoms with Crippen LogP contribution in [0.1, 0.15) is 24.3 Å². The zero-order valence-corrected chi connectivity index (χ0v) is 7.34. The van der Waals surface area contributed by atoms with Gasteiger partial charge in [-0.05, 0) is 13.0 Å². The van der Waals surface area contributed by atoms with Gasteiger partial charge in [-0.3, -0.25) is 4.98 Å². The smallest absolute Gasteiger partial charge is 0.397 e. The number of anilines is 1. The van der Waals surface area contributed by atoms with Crippen molar-refractivity contribution in [2.75, 3.05) is 5.73 Å². The Labute approximate surface area is 78.4 Å². The lowest BCUT2D eigenvalue weighted by molar-refractivity contribution is -0.137. The summed E-state index contributed by atoms with van der Waals surface area (Å²) < 4.78 is 36.4. The fourth-order valence-electron chi connectivity index (χ4n) is 0.996. The summed E-state index contributed by atoms with van der Waals surface area (Å²) in [4.78, 5) is 3.45. The van der Waals surface area contributed by atoms with Crippen LogP contribution in [0.2, 0.25) is 0 Å². The number of alkyl halides is 3. The molecule has 6 heteroatoms. The van der Waals surface area contributed by atoms with E-state index in [4.69, 9.17) is 10.8 Å². The van der Waals surface area contributed by atoms with E-state index in [0.717, 1.165) is 6.07 Å². The maximum atomic E-state index is 12.1. The molecule has 0 bridgehead atoms. The largest absolute Gasteiger partial charge is 0.417 e. The normalized spacial score (nSPS) is 14.1. The average molecular weight is 206 g/mol. The third-order valence-corrected chi connectivity index (χ3v) is 1.67. The third kappa shape index (κ3) is 2.14. The number of nitrogens with zero attached hydrogens (tertiary/aromatic N) is 1. The minimum Gasteiger partial charge on any atom is -0.397 e. The fourth-order valence-corrected chi connectivity index (χ4v) is 0.996. The molecule has 0 aliphatic heterocycles. The van der Waals surface area contributed by atoms with Crippen molar-refractivity contribution in [3.63, 3.8) is 0 Å². The minimum absolute atomic E-state index is 0.0537. The predicted molar refractivity (Wildman–Crippen MR) is 44.3 cm³/mol. The zero-order valence-electron chi connectivity index (χ0n) is 7.34. The molecule has 0 amide bonds. The van der Waals surface area contributed by atoms with Crippen LogP contribution in [0.3, 0.4) is 0 Å². The molecule has 0 saturated heterocycles. The second-order valence-electron chi connectivity index (χ2n) is 2.87. The first-order valence-electron chi connectivity index (χ1n) is 3.83. The van der Waals surface area contributed by atoms with Crippen LogP contribution in [0, 0.1) is 0 Å². The van der Waals surface area contributed by atoms with E-state index in [1.807, 2.05) is 0 Å². The Bertz CT molecular complexity index is 336. The van der Waals surface area contributed by atoms with Gasteiger partial charge in [0.25, 0.3) is 0 Å². The Morgan fingerprint density at radius 3 is 2.43 bits per heavy atom. The molecule has 0 aliphatic carbocycles. The highest BCUT2D eigenvalue weighted by Crippen LogP contribution is 2.31. The molecular weight excluding hydrogens is 197 g/mol. The third-order valence-electron chi connectivity index (χ3n) is 1.67. The van der Waals surface area contributed by atoms with Crippen LogP contribution in [0.5, 0.6) is 0 Å². The van der Waals surface area contributed by atoms with Gasteiger partial charge in [-0.2, -0.15) is 13.2 Å². The first-order valence-corrected chi connectivity index (χ1v) is 3.83. The monoisotopic (exact) mass is 206 g/mol. The number of aliphatic hydroxyl groups is 1. The first-order chi connectivity index (χ1) is 6.32. The van der Waals surface area contributed by atoms with Crippen molar-refractivity contribution in [3.8, 4) is 0 Å². The second kappa shape index (κ2) is 3.45. The number of halogens is 3. The van der Waals surface area contributed by atoms with Crippen molar-refractivity contribution in [2.45, 2.75) is 19.2 Å². The summed E-state index contributed by atoms with van der Waals surface area (Å²) in [6, 6.07) is 0.759. The van der Waals surface area contributed by atoms with Crippen LogP contribution in [0.15, 0.2) is 12.3 Å². The first kappa shape index (κ1) is 10.8. The van der Waals surface area contributed by atoms with Gasteiger partial charge < -0.3 is 10.8 Å². The van der Waals surface area contributed by atoms with E-state index >= 15 is 0 Å². The summed E-state index contributed by atoms with van der Waals surface area (Å²) in [7, 11) is 0. The molecule has 0 fully saturated rings. The molecule has 1 rings (SSSR count). The lowest BCUT2D eigenvalue weighted by Crippen LogP contribution is -2.09. The standard InChI is InChI=1S/C8H9F3N2O/c1-4(14)7-6(12)2-5(3-13-7)8(9,10)11/h2-4,14H,12H2,1H3. The van der Waals surface area contributed by atoms with Crippen molar-refractivity contribution in [2.24, 2.45) is 0 Å². The summed E-state index contributed by atoms with van der Waals surface area (Å²) in [5.74, 6) is 0. The van der Waals surface area contributed by atoms with Crippen LogP contribution in [-0.4, -0.2) is 10.1 Å². The molecule has 1 aromatic heterocycles. The number of aliphatic hydroxyl groups excluding tert-OH is 1. The molecule has 1 aromatic rings. The summed E-state index contributed by atoms with van der Waals surface area (Å²) >= 11 is 0. The zero-order chi connectivity index (χ0) is 10.9. The summed E-state index contributed by atoms with van der Waals surface area (Å²) in [5.41, 5.74) is 4.28. The Kier molecular flexibility index (Phi) is 2.66. The molecule has 3 N–H and O–H groups in total. The number of rotatable bonds is 1. The van der Waals surface area contributed by atoms with Crippen molar-refractivity contribution < 1.29 is 18.3 Å². The average Bonchev–Trinajstić information content (AvgIpc) is 2.01. The van der Waals surface area contributed by atoms with Crippen molar-refractivity contribution in [1.29, 1.82) is 0 Å². The van der Waals surface area contributed by atoms with Gasteiger partial charge in [0.2, 0.25) is 0 Å². The minimum atomic E-state index is -4.46. The predicted octanol–water partition coefficient (Wildman–Crippen LogP) is 1.74. The van der Waals surface area contributed by atoms with Gasteiger partial charge in [0.1, 0.15) is 0 Å². The van der Waals surface area contributed by atoms with Crippen LogP contribution >= 0.6 is 0 Å². The maximum Gasteiger partial charge on any atom is 0.417 e. The van der Waals surface area contributed by atoms with E-state index < -0.39 is 17.8 Å². The van der Waals surface area contributed by atoms with E-state index in [2.05, 4.69) is 4.98 Å². The molecule has 14 heavy (non-hydrogen) atoms. The highest BCUT2D eigenvalue weighted by atomic mass is 19.4. The number of pyridine rings is 1. The quantitative estimate of drug-likeness (QED) is 0.735. The molecule has 0 radical (unpaired) electrons. The van der Waals surface area contributed by atoms with Gasteiger partial charge in [0, 0.05) is 6.20 Å². The Hall–Kier alpha value is -1.30. The van der Waals surface area contributed by atoms with Crippen LogP contribution in [0.25, 0.3) is 0 Å². The van der Waals surface area contributed by atoms with Gasteiger partial charge in [-0.15, -0.1) is 0 Å². The van der Waals surface area contributed by atoms with Crippen LogP contribution < -0.4 is 5.73 Å². The van der Waals surface area contributed by atoms with Gasteiger partial charge in [0.15, 0.2) is 0 Å². The van der Waals surface area contributed by atoms with E-state index in [1.165, 1.54) is 6.92 Å². The van der Waals surface area contributed by atoms with Gasteiger partial charge in [-0.25, -0.2) is 0 Å². The number of aromatic nitrogens is 1. The van der Waals surface area contributed by atoms with E-state index in [0.29, 0.717) is 6.20 Å². The Morgan fingerprint density at radius 2 is 2.07 bits per heavy atom. The maximum absolute atomic E-state index is 12.1. The van der Waals surface area contributed by atoms with Crippen molar-refractivity contribution >= 4 is 5.69 Å². The molecular formula is C8H9F3N2O. The lowest BCUT2D eigenvalue weighted by atomic mass is 10.1. The molecule has 3 nitrogen and oxygen atoms in total. The number of hydrogen-bond acceptors (Lipinski definition) is 3. The van der Waals surface area contributed by atoms with Crippen LogP contribution in [0.4, 0.5) is 18.9 Å². The molecule has 0 saturated carbocycles. The number of nitrogen functional groups attached to an aromatic ring is 1. The molecule has 1 atom stereocenters. The lowest BCUT2D eigenvalue weighted by Gasteiger charge is -2.11. The van der Waals surface area contributed by atoms with Gasteiger partial charge in [0.05, 0.1) is 23.0 Å². The van der Waals surface area contributed by atoms with Crippen molar-refractivity contribution in [1.82, 2.24) is 4.98 Å². The molecule has 0 aliphatic rings. The van der Waals surface area contributed by atoms with Crippen molar-refractivity contribution in [3.05, 3.63) is 23.5 Å². The number of hydrogen-bond donors (Lipinski definition) is 2. The Morgan fingerprint density at radius 1 is 1.50 bits per heavy atom. The highest BCUT2D eigenvalue weighted by Gasteiger charge is 2.31. The van der Waals surface area contributed by atoms with E-state index in [1.54, 1.807) is 0 Å². The second-order valence-corrected chi connectivity index (χ2v) is 2.87. The van der Waals surface area contributed by atoms with Gasteiger partial charge in [-0.1, -0.05) is 0 Å². The van der Waals surface area contributed by atoms with E-state index in [9.17, 15) is 13.2 Å². The Balaban J connectivity index is 3.13. The summed E-state index contributed by atoms with van der Waals surface area (Å²) in [5, 5.41) is 9.07. The molecule has 0 aromatic carbocycles. The number of nitrogens with two attached hydrogens (primary N) is 1. The molecule has 1 heterocycles. The van der Waals surface area contributed by atoms with E-state index in [-0.39, 0.29) is 11.4 Å².